The first kappa shape index (κ1) is 16.7. The molecule has 3 aliphatic rings. The highest BCUT2D eigenvalue weighted by Crippen LogP contribution is 2.28. The molecule has 5 rings (SSSR count). The van der Waals surface area contributed by atoms with Crippen molar-refractivity contribution in [1.29, 1.82) is 0 Å². The lowest BCUT2D eigenvalue weighted by Crippen LogP contribution is -2.60. The average molecular weight is 367 g/mol. The second kappa shape index (κ2) is 6.62. The van der Waals surface area contributed by atoms with Gasteiger partial charge in [0.25, 0.3) is 5.91 Å². The van der Waals surface area contributed by atoms with Crippen molar-refractivity contribution in [3.63, 3.8) is 0 Å². The normalized spacial score (nSPS) is 19.2. The first-order valence-electron chi connectivity index (χ1n) is 10.1. The van der Waals surface area contributed by atoms with E-state index in [2.05, 4.69) is 26.3 Å². The molecule has 142 valence electrons. The van der Waals surface area contributed by atoms with E-state index in [1.807, 2.05) is 7.05 Å². The van der Waals surface area contributed by atoms with E-state index in [9.17, 15) is 4.79 Å². The lowest BCUT2D eigenvalue weighted by atomic mass is 9.95. The van der Waals surface area contributed by atoms with Gasteiger partial charge in [0.05, 0.1) is 17.4 Å². The van der Waals surface area contributed by atoms with Gasteiger partial charge < -0.3 is 14.3 Å². The number of carbonyl (C=O) groups excluding carboxylic acids is 1. The molecule has 0 aromatic carbocycles. The molecule has 0 saturated carbocycles. The summed E-state index contributed by atoms with van der Waals surface area (Å²) in [5, 5.41) is 12.9. The SMILES string of the molecule is CN(C(=O)c1onc2c1CCCC2)C1CN(c2cc3c(nn2)CCCC3)C1. The van der Waals surface area contributed by atoms with Crippen molar-refractivity contribution in [3.05, 3.63) is 34.3 Å². The van der Waals surface area contributed by atoms with E-state index in [-0.39, 0.29) is 11.9 Å². The molecule has 0 unspecified atom stereocenters. The van der Waals surface area contributed by atoms with Gasteiger partial charge in [-0.2, -0.15) is 5.10 Å². The molecule has 0 spiro atoms. The molecule has 1 fully saturated rings. The standard InChI is InChI=1S/C20H25N5O2/c1-24(20(26)19-15-7-3-5-9-17(15)23-27-19)14-11-25(12-14)18-10-13-6-2-4-8-16(13)21-22-18/h10,14H,2-9,11-12H2,1H3. The van der Waals surface area contributed by atoms with E-state index in [1.165, 1.54) is 18.4 Å². The average Bonchev–Trinajstić information content (AvgIpc) is 3.10. The van der Waals surface area contributed by atoms with Crippen LogP contribution in [0.15, 0.2) is 10.6 Å². The maximum Gasteiger partial charge on any atom is 0.292 e. The molecule has 2 aromatic rings. The predicted octanol–water partition coefficient (Wildman–Crippen LogP) is 2.18. The van der Waals surface area contributed by atoms with Crippen molar-refractivity contribution in [2.45, 2.75) is 57.4 Å². The molecule has 0 N–H and O–H groups in total. The van der Waals surface area contributed by atoms with Crippen molar-refractivity contribution >= 4 is 11.7 Å². The number of amides is 1. The molecule has 0 radical (unpaired) electrons. The second-order valence-corrected chi connectivity index (χ2v) is 8.00. The molecule has 7 heteroatoms. The summed E-state index contributed by atoms with van der Waals surface area (Å²) < 4.78 is 5.42. The van der Waals surface area contributed by atoms with E-state index in [1.54, 1.807) is 4.90 Å². The summed E-state index contributed by atoms with van der Waals surface area (Å²) in [6.45, 7) is 1.57. The summed E-state index contributed by atoms with van der Waals surface area (Å²) in [5.41, 5.74) is 4.49. The van der Waals surface area contributed by atoms with Crippen LogP contribution in [0.2, 0.25) is 0 Å². The van der Waals surface area contributed by atoms with Crippen LogP contribution in [-0.2, 0) is 25.7 Å². The summed E-state index contributed by atoms with van der Waals surface area (Å²) in [6.07, 6.45) is 8.65. The Balaban J connectivity index is 1.25. The van der Waals surface area contributed by atoms with Gasteiger partial charge in [0.2, 0.25) is 5.76 Å². The van der Waals surface area contributed by atoms with Gasteiger partial charge in [0.1, 0.15) is 0 Å². The Kier molecular flexibility index (Phi) is 4.10. The van der Waals surface area contributed by atoms with Crippen molar-refractivity contribution in [1.82, 2.24) is 20.3 Å². The van der Waals surface area contributed by atoms with E-state index in [0.717, 1.165) is 74.4 Å². The number of carbonyl (C=O) groups is 1. The molecule has 0 atom stereocenters. The Labute approximate surface area is 158 Å². The third-order valence-electron chi connectivity index (χ3n) is 6.27. The highest BCUT2D eigenvalue weighted by Gasteiger charge is 2.36. The number of rotatable bonds is 3. The molecule has 2 aromatic heterocycles. The van der Waals surface area contributed by atoms with Crippen molar-refractivity contribution in [2.24, 2.45) is 0 Å². The number of likely N-dealkylation sites (N-methyl/N-ethyl adjacent to an activating group) is 1. The number of aromatic nitrogens is 3. The van der Waals surface area contributed by atoms with E-state index in [4.69, 9.17) is 4.52 Å². The Hall–Kier alpha value is -2.44. The van der Waals surface area contributed by atoms with Crippen LogP contribution in [0.4, 0.5) is 5.82 Å². The number of hydrogen-bond donors (Lipinski definition) is 0. The summed E-state index contributed by atoms with van der Waals surface area (Å²) in [6, 6.07) is 2.35. The molecule has 1 aliphatic heterocycles. The molecule has 0 bridgehead atoms. The number of aryl methyl sites for hydroxylation is 3. The van der Waals surface area contributed by atoms with Gasteiger partial charge in [0, 0.05) is 25.7 Å². The molecule has 1 amide bonds. The second-order valence-electron chi connectivity index (χ2n) is 8.00. The molecular weight excluding hydrogens is 342 g/mol. The molecule has 27 heavy (non-hydrogen) atoms. The molecule has 2 aliphatic carbocycles. The zero-order valence-corrected chi connectivity index (χ0v) is 15.8. The van der Waals surface area contributed by atoms with E-state index >= 15 is 0 Å². The third kappa shape index (κ3) is 2.89. The monoisotopic (exact) mass is 367 g/mol. The van der Waals surface area contributed by atoms with Crippen LogP contribution >= 0.6 is 0 Å². The fraction of sp³-hybridized carbons (Fsp3) is 0.600. The molecular formula is C20H25N5O2. The van der Waals surface area contributed by atoms with Crippen LogP contribution in [0.3, 0.4) is 0 Å². The minimum absolute atomic E-state index is 0.0492. The third-order valence-corrected chi connectivity index (χ3v) is 6.27. The number of fused-ring (bicyclic) bond motifs is 2. The number of hydrogen-bond acceptors (Lipinski definition) is 6. The van der Waals surface area contributed by atoms with Crippen LogP contribution in [0, 0.1) is 0 Å². The van der Waals surface area contributed by atoms with Gasteiger partial charge in [-0.15, -0.1) is 5.10 Å². The summed E-state index contributed by atoms with van der Waals surface area (Å²) >= 11 is 0. The van der Waals surface area contributed by atoms with Gasteiger partial charge in [0.15, 0.2) is 5.82 Å². The van der Waals surface area contributed by atoms with Crippen molar-refractivity contribution < 1.29 is 9.32 Å². The maximum absolute atomic E-state index is 12.9. The van der Waals surface area contributed by atoms with E-state index in [0.29, 0.717) is 5.76 Å². The lowest BCUT2D eigenvalue weighted by molar-refractivity contribution is 0.0661. The van der Waals surface area contributed by atoms with Crippen LogP contribution in [0.25, 0.3) is 0 Å². The van der Waals surface area contributed by atoms with Gasteiger partial charge >= 0.3 is 0 Å². The minimum atomic E-state index is -0.0492. The zero-order chi connectivity index (χ0) is 18.4. The Morgan fingerprint density at radius 3 is 2.67 bits per heavy atom. The fourth-order valence-corrected chi connectivity index (χ4v) is 4.41. The largest absolute Gasteiger partial charge is 0.351 e. The quantitative estimate of drug-likeness (QED) is 0.828. The van der Waals surface area contributed by atoms with Crippen LogP contribution in [-0.4, -0.2) is 52.3 Å². The molecule has 3 heterocycles. The number of anilines is 1. The highest BCUT2D eigenvalue weighted by molar-refractivity contribution is 5.93. The van der Waals surface area contributed by atoms with Gasteiger partial charge in [-0.05, 0) is 63.0 Å². The molecule has 1 saturated heterocycles. The Morgan fingerprint density at radius 2 is 1.81 bits per heavy atom. The number of nitrogens with zero attached hydrogens (tertiary/aromatic N) is 5. The van der Waals surface area contributed by atoms with Gasteiger partial charge in [-0.1, -0.05) is 5.16 Å². The zero-order valence-electron chi connectivity index (χ0n) is 15.8. The van der Waals surface area contributed by atoms with Gasteiger partial charge in [-0.25, -0.2) is 0 Å². The summed E-state index contributed by atoms with van der Waals surface area (Å²) in [4.78, 5) is 16.9. The van der Waals surface area contributed by atoms with Crippen molar-refractivity contribution in [3.8, 4) is 0 Å². The topological polar surface area (TPSA) is 75.4 Å². The Morgan fingerprint density at radius 1 is 1.07 bits per heavy atom. The predicted molar refractivity (Wildman–Crippen MR) is 99.9 cm³/mol. The van der Waals surface area contributed by atoms with Crippen LogP contribution < -0.4 is 4.90 Å². The highest BCUT2D eigenvalue weighted by atomic mass is 16.5. The van der Waals surface area contributed by atoms with Gasteiger partial charge in [-0.3, -0.25) is 4.79 Å². The lowest BCUT2D eigenvalue weighted by Gasteiger charge is -2.44. The summed E-state index contributed by atoms with van der Waals surface area (Å²) in [5.74, 6) is 1.33. The minimum Gasteiger partial charge on any atom is -0.351 e. The smallest absolute Gasteiger partial charge is 0.292 e. The Bertz CT molecular complexity index is 871. The fourth-order valence-electron chi connectivity index (χ4n) is 4.41. The first-order valence-corrected chi connectivity index (χ1v) is 10.1. The van der Waals surface area contributed by atoms with E-state index < -0.39 is 0 Å². The van der Waals surface area contributed by atoms with Crippen molar-refractivity contribution in [2.75, 3.05) is 25.0 Å². The van der Waals surface area contributed by atoms with Crippen LogP contribution in [0.5, 0.6) is 0 Å². The maximum atomic E-state index is 12.9. The first-order chi connectivity index (χ1) is 13.2. The van der Waals surface area contributed by atoms with Crippen LogP contribution in [0.1, 0.15) is 58.8 Å². The summed E-state index contributed by atoms with van der Waals surface area (Å²) in [7, 11) is 1.86. The molecule has 7 nitrogen and oxygen atoms in total.